The number of nitrogens with zero attached hydrogens (tertiary/aromatic N) is 1. The van der Waals surface area contributed by atoms with E-state index in [1.165, 1.54) is 0 Å². The van der Waals surface area contributed by atoms with Crippen molar-refractivity contribution in [2.75, 3.05) is 0 Å². The van der Waals surface area contributed by atoms with E-state index in [9.17, 15) is 0 Å². The fourth-order valence-electron chi connectivity index (χ4n) is 2.08. The van der Waals surface area contributed by atoms with Gasteiger partial charge in [-0.2, -0.15) is 0 Å². The summed E-state index contributed by atoms with van der Waals surface area (Å²) in [6, 6.07) is 2.02. The van der Waals surface area contributed by atoms with Crippen LogP contribution in [0.3, 0.4) is 0 Å². The van der Waals surface area contributed by atoms with Crippen LogP contribution in [0.5, 0.6) is 0 Å². The third kappa shape index (κ3) is 2.95. The molecular formula is C15H23BN2O2. The molecule has 1 aromatic rings. The molecule has 0 amide bonds. The van der Waals surface area contributed by atoms with Gasteiger partial charge in [-0.3, -0.25) is 4.98 Å². The highest BCUT2D eigenvalue weighted by atomic mass is 16.7. The van der Waals surface area contributed by atoms with Crippen molar-refractivity contribution in [3.05, 3.63) is 35.1 Å². The van der Waals surface area contributed by atoms with Gasteiger partial charge in [0.15, 0.2) is 0 Å². The first kappa shape index (κ1) is 15.2. The molecule has 0 aliphatic carbocycles. The lowest BCUT2D eigenvalue weighted by atomic mass is 9.88. The van der Waals surface area contributed by atoms with E-state index in [4.69, 9.17) is 15.0 Å². The number of nitrogens with two attached hydrogens (primary N) is 1. The standard InChI is InChI=1S/C15H23BN2O2/c1-11-8-12(13(9-17)10-18-11)6-7-16-19-14(2,3)15(4,5)20-16/h6-8,10H,9,17H2,1-5H3/b7-6+. The summed E-state index contributed by atoms with van der Waals surface area (Å²) in [5, 5.41) is 0. The number of hydrogen-bond acceptors (Lipinski definition) is 4. The van der Waals surface area contributed by atoms with Gasteiger partial charge in [-0.15, -0.1) is 0 Å². The fourth-order valence-corrected chi connectivity index (χ4v) is 2.08. The van der Waals surface area contributed by atoms with Crippen molar-refractivity contribution < 1.29 is 9.31 Å². The van der Waals surface area contributed by atoms with Crippen LogP contribution in [0, 0.1) is 6.92 Å². The minimum Gasteiger partial charge on any atom is -0.400 e. The summed E-state index contributed by atoms with van der Waals surface area (Å²) >= 11 is 0. The molecule has 1 aromatic heterocycles. The summed E-state index contributed by atoms with van der Waals surface area (Å²) < 4.78 is 11.9. The van der Waals surface area contributed by atoms with Crippen LogP contribution in [0.15, 0.2) is 18.2 Å². The van der Waals surface area contributed by atoms with Crippen molar-refractivity contribution in [2.24, 2.45) is 5.73 Å². The maximum absolute atomic E-state index is 5.93. The molecule has 1 aliphatic heterocycles. The van der Waals surface area contributed by atoms with Crippen molar-refractivity contribution in [3.8, 4) is 0 Å². The van der Waals surface area contributed by atoms with Gasteiger partial charge in [-0.05, 0) is 51.8 Å². The second-order valence-corrected chi connectivity index (χ2v) is 6.21. The summed E-state index contributed by atoms with van der Waals surface area (Å²) in [6.45, 7) is 10.6. The number of aryl methyl sites for hydroxylation is 1. The first-order valence-corrected chi connectivity index (χ1v) is 6.94. The van der Waals surface area contributed by atoms with Crippen molar-refractivity contribution in [1.82, 2.24) is 4.98 Å². The molecule has 0 unspecified atom stereocenters. The molecule has 20 heavy (non-hydrogen) atoms. The number of rotatable bonds is 3. The molecule has 4 nitrogen and oxygen atoms in total. The van der Waals surface area contributed by atoms with Gasteiger partial charge in [0.1, 0.15) is 0 Å². The van der Waals surface area contributed by atoms with Gasteiger partial charge in [0, 0.05) is 18.4 Å². The Hall–Kier alpha value is -1.17. The number of aromatic nitrogens is 1. The third-order valence-electron chi connectivity index (χ3n) is 4.08. The lowest BCUT2D eigenvalue weighted by molar-refractivity contribution is 0.00578. The van der Waals surface area contributed by atoms with Crippen molar-refractivity contribution in [1.29, 1.82) is 0 Å². The second-order valence-electron chi connectivity index (χ2n) is 6.21. The van der Waals surface area contributed by atoms with Crippen LogP contribution in [-0.4, -0.2) is 23.3 Å². The molecule has 0 atom stereocenters. The maximum atomic E-state index is 5.93. The molecule has 108 valence electrons. The molecule has 0 bridgehead atoms. The van der Waals surface area contributed by atoms with E-state index in [0.29, 0.717) is 6.54 Å². The Balaban J connectivity index is 2.17. The zero-order chi connectivity index (χ0) is 15.0. The lowest BCUT2D eigenvalue weighted by Gasteiger charge is -2.32. The first-order valence-electron chi connectivity index (χ1n) is 6.94. The maximum Gasteiger partial charge on any atom is 0.487 e. The third-order valence-corrected chi connectivity index (χ3v) is 4.08. The minimum atomic E-state index is -0.334. The van der Waals surface area contributed by atoms with Crippen molar-refractivity contribution in [2.45, 2.75) is 52.4 Å². The molecule has 0 radical (unpaired) electrons. The Labute approximate surface area is 121 Å². The molecular weight excluding hydrogens is 251 g/mol. The van der Waals surface area contributed by atoms with E-state index in [-0.39, 0.29) is 18.3 Å². The first-order chi connectivity index (χ1) is 9.25. The Kier molecular flexibility index (Phi) is 4.05. The Bertz CT molecular complexity index is 511. The zero-order valence-electron chi connectivity index (χ0n) is 12.9. The molecule has 0 aromatic carbocycles. The van der Waals surface area contributed by atoms with E-state index in [1.54, 1.807) is 0 Å². The second kappa shape index (κ2) is 5.32. The van der Waals surface area contributed by atoms with Crippen LogP contribution in [-0.2, 0) is 15.9 Å². The molecule has 1 saturated heterocycles. The van der Waals surface area contributed by atoms with Gasteiger partial charge in [-0.25, -0.2) is 0 Å². The molecule has 2 heterocycles. The molecule has 1 fully saturated rings. The number of pyridine rings is 1. The quantitative estimate of drug-likeness (QED) is 0.860. The SMILES string of the molecule is Cc1cc(/C=C/B2OC(C)(C)C(C)(C)O2)c(CN)cn1. The molecule has 1 aliphatic rings. The predicted octanol–water partition coefficient (Wildman–Crippen LogP) is 2.49. The largest absolute Gasteiger partial charge is 0.487 e. The Morgan fingerprint density at radius 3 is 2.40 bits per heavy atom. The summed E-state index contributed by atoms with van der Waals surface area (Å²) in [5.41, 5.74) is 8.16. The fraction of sp³-hybridized carbons (Fsp3) is 0.533. The summed E-state index contributed by atoms with van der Waals surface area (Å²) in [7, 11) is -0.334. The van der Waals surface area contributed by atoms with Gasteiger partial charge in [0.25, 0.3) is 0 Å². The van der Waals surface area contributed by atoms with Gasteiger partial charge < -0.3 is 15.0 Å². The Morgan fingerprint density at radius 1 is 1.25 bits per heavy atom. The zero-order valence-corrected chi connectivity index (χ0v) is 12.9. The van der Waals surface area contributed by atoms with E-state index in [2.05, 4.69) is 4.98 Å². The van der Waals surface area contributed by atoms with E-state index in [0.717, 1.165) is 16.8 Å². The van der Waals surface area contributed by atoms with Crippen LogP contribution in [0.4, 0.5) is 0 Å². The average Bonchev–Trinajstić information content (AvgIpc) is 2.55. The average molecular weight is 274 g/mol. The minimum absolute atomic E-state index is 0.313. The predicted molar refractivity (Wildman–Crippen MR) is 82.0 cm³/mol. The smallest absolute Gasteiger partial charge is 0.400 e. The van der Waals surface area contributed by atoms with Crippen molar-refractivity contribution >= 4 is 13.2 Å². The van der Waals surface area contributed by atoms with Crippen LogP contribution in [0.25, 0.3) is 6.08 Å². The van der Waals surface area contributed by atoms with Gasteiger partial charge in [-0.1, -0.05) is 12.1 Å². The van der Waals surface area contributed by atoms with Crippen LogP contribution < -0.4 is 5.73 Å². The molecule has 0 saturated carbocycles. The van der Waals surface area contributed by atoms with E-state index in [1.807, 2.05) is 58.9 Å². The molecule has 0 spiro atoms. The van der Waals surface area contributed by atoms with Gasteiger partial charge in [0.05, 0.1) is 11.2 Å². The van der Waals surface area contributed by atoms with Gasteiger partial charge >= 0.3 is 7.12 Å². The monoisotopic (exact) mass is 274 g/mol. The highest BCUT2D eigenvalue weighted by Crippen LogP contribution is 2.37. The van der Waals surface area contributed by atoms with Crippen LogP contribution >= 0.6 is 0 Å². The summed E-state index contributed by atoms with van der Waals surface area (Å²) in [4.78, 5) is 4.26. The van der Waals surface area contributed by atoms with Crippen LogP contribution in [0.1, 0.15) is 44.5 Å². The van der Waals surface area contributed by atoms with Crippen LogP contribution in [0.2, 0.25) is 0 Å². The number of hydrogen-bond donors (Lipinski definition) is 1. The topological polar surface area (TPSA) is 57.4 Å². The van der Waals surface area contributed by atoms with E-state index >= 15 is 0 Å². The lowest BCUT2D eigenvalue weighted by Crippen LogP contribution is -2.41. The highest BCUT2D eigenvalue weighted by Gasteiger charge is 2.49. The highest BCUT2D eigenvalue weighted by molar-refractivity contribution is 6.52. The van der Waals surface area contributed by atoms with Gasteiger partial charge in [0.2, 0.25) is 0 Å². The summed E-state index contributed by atoms with van der Waals surface area (Å²) in [5.74, 6) is 1.93. The summed E-state index contributed by atoms with van der Waals surface area (Å²) in [6.07, 6.45) is 3.82. The van der Waals surface area contributed by atoms with Crippen molar-refractivity contribution in [3.63, 3.8) is 0 Å². The normalized spacial score (nSPS) is 20.8. The molecule has 2 N–H and O–H groups in total. The Morgan fingerprint density at radius 2 is 1.85 bits per heavy atom. The van der Waals surface area contributed by atoms with E-state index < -0.39 is 0 Å². The molecule has 5 heteroatoms. The molecule has 2 rings (SSSR count).